The molecule has 1 heterocycles. The zero-order valence-corrected chi connectivity index (χ0v) is 14.1. The van der Waals surface area contributed by atoms with Gasteiger partial charge in [-0.15, -0.1) is 5.10 Å². The van der Waals surface area contributed by atoms with E-state index in [0.717, 1.165) is 18.0 Å². The van der Waals surface area contributed by atoms with E-state index in [1.165, 1.54) is 18.2 Å². The van der Waals surface area contributed by atoms with Gasteiger partial charge in [0.05, 0.1) is 18.2 Å². The van der Waals surface area contributed by atoms with Gasteiger partial charge in [0.25, 0.3) is 0 Å². The Balaban J connectivity index is 2.17. The van der Waals surface area contributed by atoms with E-state index in [0.29, 0.717) is 0 Å². The lowest BCUT2D eigenvalue weighted by Crippen LogP contribution is -2.26. The molecule has 1 aromatic carbocycles. The van der Waals surface area contributed by atoms with E-state index in [1.807, 2.05) is 0 Å². The number of amidine groups is 1. The number of carboxylic acids is 1. The average Bonchev–Trinajstić information content (AvgIpc) is 2.77. The SMILES string of the molecule is O=C(O)CC1SC(=NN=Cc2cccc(Br)c2C(F)(F)F)NC1=O. The Bertz CT molecular complexity index is 737. The number of alkyl halides is 3. The predicted molar refractivity (Wildman–Crippen MR) is 85.9 cm³/mol. The molecule has 128 valence electrons. The van der Waals surface area contributed by atoms with Crippen LogP contribution in [0, 0.1) is 0 Å². The number of hydrogen-bond acceptors (Lipinski definition) is 5. The van der Waals surface area contributed by atoms with Crippen molar-refractivity contribution in [3.8, 4) is 0 Å². The van der Waals surface area contributed by atoms with Crippen molar-refractivity contribution in [1.82, 2.24) is 5.32 Å². The second-order valence-corrected chi connectivity index (χ2v) is 6.59. The number of amides is 1. The summed E-state index contributed by atoms with van der Waals surface area (Å²) >= 11 is 3.70. The van der Waals surface area contributed by atoms with E-state index in [-0.39, 0.29) is 21.6 Å². The quantitative estimate of drug-likeness (QED) is 0.575. The zero-order valence-electron chi connectivity index (χ0n) is 11.7. The van der Waals surface area contributed by atoms with Gasteiger partial charge in [-0.2, -0.15) is 18.3 Å². The number of carboxylic acid groups (broad SMARTS) is 1. The zero-order chi connectivity index (χ0) is 17.9. The van der Waals surface area contributed by atoms with E-state index in [4.69, 9.17) is 5.11 Å². The molecule has 1 aliphatic rings. The molecular formula is C13H9BrF3N3O3S. The molecule has 1 unspecified atom stereocenters. The van der Waals surface area contributed by atoms with Crippen LogP contribution in [0.2, 0.25) is 0 Å². The van der Waals surface area contributed by atoms with Gasteiger partial charge in [0, 0.05) is 10.0 Å². The molecule has 1 amide bonds. The van der Waals surface area contributed by atoms with Gasteiger partial charge in [0.15, 0.2) is 5.17 Å². The molecule has 1 fully saturated rings. The summed E-state index contributed by atoms with van der Waals surface area (Å²) in [7, 11) is 0. The third-order valence-electron chi connectivity index (χ3n) is 2.81. The van der Waals surface area contributed by atoms with Gasteiger partial charge in [-0.05, 0) is 6.07 Å². The number of hydrogen-bond donors (Lipinski definition) is 2. The standard InChI is InChI=1S/C13H9BrF3N3O3S/c14-7-3-1-2-6(10(7)13(15,16)17)5-18-20-12-19-11(23)8(24-12)4-9(21)22/h1-3,5,8H,4H2,(H,21,22)(H,19,20,23). The highest BCUT2D eigenvalue weighted by atomic mass is 79.9. The van der Waals surface area contributed by atoms with Gasteiger partial charge >= 0.3 is 12.1 Å². The van der Waals surface area contributed by atoms with E-state index in [1.54, 1.807) is 0 Å². The minimum atomic E-state index is -4.57. The molecule has 1 atom stereocenters. The monoisotopic (exact) mass is 423 g/mol. The maximum atomic E-state index is 13.0. The number of nitrogens with zero attached hydrogens (tertiary/aromatic N) is 2. The number of nitrogens with one attached hydrogen (secondary N) is 1. The first-order valence-electron chi connectivity index (χ1n) is 6.34. The summed E-state index contributed by atoms with van der Waals surface area (Å²) in [5, 5.41) is 17.3. The van der Waals surface area contributed by atoms with Gasteiger partial charge < -0.3 is 10.4 Å². The second-order valence-electron chi connectivity index (χ2n) is 4.55. The Hall–Kier alpha value is -1.88. The number of carbonyl (C=O) groups is 2. The fraction of sp³-hybridized carbons (Fsp3) is 0.231. The van der Waals surface area contributed by atoms with E-state index in [9.17, 15) is 22.8 Å². The number of rotatable bonds is 4. The van der Waals surface area contributed by atoms with Crippen molar-refractivity contribution in [2.24, 2.45) is 10.2 Å². The fourth-order valence-corrected chi connectivity index (χ4v) is 3.36. The lowest BCUT2D eigenvalue weighted by molar-refractivity contribution is -0.139. The maximum Gasteiger partial charge on any atom is 0.418 e. The highest BCUT2D eigenvalue weighted by molar-refractivity contribution is 9.10. The Labute approximate surface area is 146 Å². The fourth-order valence-electron chi connectivity index (χ4n) is 1.84. The van der Waals surface area contributed by atoms with Crippen LogP contribution < -0.4 is 5.32 Å². The molecule has 1 saturated heterocycles. The smallest absolute Gasteiger partial charge is 0.418 e. The molecule has 6 nitrogen and oxygen atoms in total. The molecule has 11 heteroatoms. The Morgan fingerprint density at radius 3 is 2.79 bits per heavy atom. The molecule has 2 rings (SSSR count). The topological polar surface area (TPSA) is 91.1 Å². The van der Waals surface area contributed by atoms with Crippen LogP contribution >= 0.6 is 27.7 Å². The molecular weight excluding hydrogens is 415 g/mol. The van der Waals surface area contributed by atoms with Gasteiger partial charge in [0.2, 0.25) is 5.91 Å². The van der Waals surface area contributed by atoms with Crippen molar-refractivity contribution < 1.29 is 27.9 Å². The Kier molecular flexibility index (Phi) is 5.65. The highest BCUT2D eigenvalue weighted by Gasteiger charge is 2.35. The molecule has 2 N–H and O–H groups in total. The van der Waals surface area contributed by atoms with Crippen molar-refractivity contribution in [3.63, 3.8) is 0 Å². The van der Waals surface area contributed by atoms with Crippen molar-refractivity contribution in [1.29, 1.82) is 0 Å². The van der Waals surface area contributed by atoms with Crippen molar-refractivity contribution in [2.45, 2.75) is 17.8 Å². The average molecular weight is 424 g/mol. The summed E-state index contributed by atoms with van der Waals surface area (Å²) in [4.78, 5) is 22.1. The van der Waals surface area contributed by atoms with Crippen LogP contribution in [-0.4, -0.2) is 33.6 Å². The summed E-state index contributed by atoms with van der Waals surface area (Å²) < 4.78 is 38.9. The third-order valence-corrected chi connectivity index (χ3v) is 4.54. The number of aliphatic carboxylic acids is 1. The second kappa shape index (κ2) is 7.34. The third kappa shape index (κ3) is 4.57. The van der Waals surface area contributed by atoms with Gasteiger partial charge in [-0.3, -0.25) is 9.59 Å². The highest BCUT2D eigenvalue weighted by Crippen LogP contribution is 2.36. The molecule has 0 aromatic heterocycles. The van der Waals surface area contributed by atoms with E-state index >= 15 is 0 Å². The van der Waals surface area contributed by atoms with Crippen LogP contribution in [0.15, 0.2) is 32.9 Å². The summed E-state index contributed by atoms with van der Waals surface area (Å²) in [6.45, 7) is 0. The van der Waals surface area contributed by atoms with Gasteiger partial charge in [-0.25, -0.2) is 0 Å². The first-order chi connectivity index (χ1) is 11.2. The number of benzene rings is 1. The number of carbonyl (C=O) groups excluding carboxylic acids is 1. The molecule has 0 bridgehead atoms. The number of thioether (sulfide) groups is 1. The van der Waals surface area contributed by atoms with Crippen molar-refractivity contribution >= 4 is 51.0 Å². The first kappa shape index (κ1) is 18.5. The summed E-state index contributed by atoms with van der Waals surface area (Å²) in [5.41, 5.74) is -1.08. The molecule has 24 heavy (non-hydrogen) atoms. The molecule has 1 aromatic rings. The normalized spacial score (nSPS) is 19.9. The Morgan fingerprint density at radius 1 is 1.46 bits per heavy atom. The van der Waals surface area contributed by atoms with Crippen LogP contribution in [0.25, 0.3) is 0 Å². The molecule has 0 radical (unpaired) electrons. The summed E-state index contributed by atoms with van der Waals surface area (Å²) in [5.74, 6) is -1.67. The van der Waals surface area contributed by atoms with Gasteiger partial charge in [0.1, 0.15) is 5.25 Å². The largest absolute Gasteiger partial charge is 0.481 e. The van der Waals surface area contributed by atoms with Crippen LogP contribution in [0.4, 0.5) is 13.2 Å². The molecule has 0 saturated carbocycles. The minimum Gasteiger partial charge on any atom is -0.481 e. The number of halogens is 4. The summed E-state index contributed by atoms with van der Waals surface area (Å²) in [6.07, 6.45) is -4.04. The lowest BCUT2D eigenvalue weighted by Gasteiger charge is -2.11. The van der Waals surface area contributed by atoms with E-state index < -0.39 is 28.9 Å². The summed E-state index contributed by atoms with van der Waals surface area (Å²) in [6, 6.07) is 3.91. The molecule has 1 aliphatic heterocycles. The maximum absolute atomic E-state index is 13.0. The first-order valence-corrected chi connectivity index (χ1v) is 8.02. The van der Waals surface area contributed by atoms with E-state index in [2.05, 4.69) is 31.4 Å². The van der Waals surface area contributed by atoms with Crippen LogP contribution in [0.5, 0.6) is 0 Å². The van der Waals surface area contributed by atoms with Crippen LogP contribution in [-0.2, 0) is 15.8 Å². The van der Waals surface area contributed by atoms with Crippen molar-refractivity contribution in [3.05, 3.63) is 33.8 Å². The predicted octanol–water partition coefficient (Wildman–Crippen LogP) is 2.86. The minimum absolute atomic E-state index is 0.0334. The molecule has 0 spiro atoms. The Morgan fingerprint density at radius 2 is 2.17 bits per heavy atom. The van der Waals surface area contributed by atoms with Crippen LogP contribution in [0.3, 0.4) is 0 Å². The lowest BCUT2D eigenvalue weighted by atomic mass is 10.1. The van der Waals surface area contributed by atoms with Crippen LogP contribution in [0.1, 0.15) is 17.5 Å². The van der Waals surface area contributed by atoms with Gasteiger partial charge in [-0.1, -0.05) is 39.8 Å². The molecule has 0 aliphatic carbocycles. The van der Waals surface area contributed by atoms with Crippen molar-refractivity contribution in [2.75, 3.05) is 0 Å².